The van der Waals surface area contributed by atoms with Crippen molar-refractivity contribution in [2.45, 2.75) is 38.1 Å². The molecule has 12 heavy (non-hydrogen) atoms. The second-order valence-corrected chi connectivity index (χ2v) is 4.39. The van der Waals surface area contributed by atoms with E-state index in [9.17, 15) is 0 Å². The second kappa shape index (κ2) is 3.35. The van der Waals surface area contributed by atoms with Crippen LogP contribution in [0.2, 0.25) is 0 Å². The van der Waals surface area contributed by atoms with Gasteiger partial charge in [0.15, 0.2) is 0 Å². The summed E-state index contributed by atoms with van der Waals surface area (Å²) in [5.74, 6) is 0.911. The average molecular weight is 168 g/mol. The molecular weight excluding hydrogens is 148 g/mol. The minimum Gasteiger partial charge on any atom is -0.316 e. The van der Waals surface area contributed by atoms with Crippen molar-refractivity contribution >= 4 is 0 Å². The van der Waals surface area contributed by atoms with E-state index in [0.29, 0.717) is 5.54 Å². The molecular formula is C10H20N2. The van der Waals surface area contributed by atoms with Crippen LogP contribution in [0.15, 0.2) is 0 Å². The first-order valence-corrected chi connectivity index (χ1v) is 5.30. The minimum atomic E-state index is 0.551. The van der Waals surface area contributed by atoms with E-state index in [4.69, 9.17) is 0 Å². The van der Waals surface area contributed by atoms with Gasteiger partial charge < -0.3 is 10.6 Å². The highest BCUT2D eigenvalue weighted by Crippen LogP contribution is 2.34. The van der Waals surface area contributed by atoms with Gasteiger partial charge in [-0.05, 0) is 31.6 Å². The Hall–Kier alpha value is -0.0800. The van der Waals surface area contributed by atoms with Crippen molar-refractivity contribution in [3.05, 3.63) is 0 Å². The van der Waals surface area contributed by atoms with E-state index >= 15 is 0 Å². The number of rotatable bonds is 4. The van der Waals surface area contributed by atoms with Crippen LogP contribution in [-0.4, -0.2) is 25.2 Å². The molecule has 1 aliphatic heterocycles. The third kappa shape index (κ3) is 1.50. The van der Waals surface area contributed by atoms with Gasteiger partial charge >= 0.3 is 0 Å². The molecule has 2 heteroatoms. The quantitative estimate of drug-likeness (QED) is 0.657. The van der Waals surface area contributed by atoms with Crippen LogP contribution in [0.3, 0.4) is 0 Å². The maximum atomic E-state index is 3.74. The summed E-state index contributed by atoms with van der Waals surface area (Å²) in [6, 6.07) is 0. The van der Waals surface area contributed by atoms with Gasteiger partial charge in [-0.2, -0.15) is 0 Å². The molecule has 1 heterocycles. The molecule has 2 rings (SSSR count). The molecule has 0 aromatic rings. The number of hydrogen-bond acceptors (Lipinski definition) is 2. The van der Waals surface area contributed by atoms with Gasteiger partial charge in [-0.1, -0.05) is 6.92 Å². The lowest BCUT2D eigenvalue weighted by molar-refractivity contribution is 0.158. The smallest absolute Gasteiger partial charge is 0.0179 e. The summed E-state index contributed by atoms with van der Waals surface area (Å²) in [6.45, 7) is 6.01. The van der Waals surface area contributed by atoms with Crippen LogP contribution < -0.4 is 10.6 Å². The Balaban J connectivity index is 1.69. The highest BCUT2D eigenvalue weighted by molar-refractivity contribution is 4.95. The van der Waals surface area contributed by atoms with Gasteiger partial charge in [-0.15, -0.1) is 0 Å². The van der Waals surface area contributed by atoms with Crippen molar-refractivity contribution in [3.63, 3.8) is 0 Å². The van der Waals surface area contributed by atoms with E-state index in [1.165, 1.54) is 45.3 Å². The van der Waals surface area contributed by atoms with Crippen molar-refractivity contribution in [2.75, 3.05) is 19.6 Å². The van der Waals surface area contributed by atoms with E-state index in [-0.39, 0.29) is 0 Å². The van der Waals surface area contributed by atoms with Gasteiger partial charge in [-0.25, -0.2) is 0 Å². The predicted molar refractivity (Wildman–Crippen MR) is 51.2 cm³/mol. The zero-order valence-electron chi connectivity index (χ0n) is 8.03. The normalized spacial score (nSPS) is 27.8. The topological polar surface area (TPSA) is 24.1 Å². The lowest BCUT2D eigenvalue weighted by Crippen LogP contribution is -2.56. The van der Waals surface area contributed by atoms with Gasteiger partial charge in [-0.3, -0.25) is 0 Å². The molecule has 1 saturated heterocycles. The third-order valence-corrected chi connectivity index (χ3v) is 3.62. The molecule has 0 aromatic heterocycles. The zero-order valence-corrected chi connectivity index (χ0v) is 8.03. The molecule has 0 amide bonds. The largest absolute Gasteiger partial charge is 0.316 e. The lowest BCUT2D eigenvalue weighted by Gasteiger charge is -2.44. The number of nitrogens with one attached hydrogen (secondary N) is 2. The fourth-order valence-electron chi connectivity index (χ4n) is 2.11. The summed E-state index contributed by atoms with van der Waals surface area (Å²) in [5.41, 5.74) is 0.551. The second-order valence-electron chi connectivity index (χ2n) is 4.39. The Kier molecular flexibility index (Phi) is 2.37. The molecule has 70 valence electrons. The lowest BCUT2D eigenvalue weighted by atomic mass is 9.74. The third-order valence-electron chi connectivity index (χ3n) is 3.62. The first-order chi connectivity index (χ1) is 5.85. The Morgan fingerprint density at radius 2 is 2.17 bits per heavy atom. The fraction of sp³-hybridized carbons (Fsp3) is 1.00. The average Bonchev–Trinajstić information content (AvgIpc) is 1.91. The van der Waals surface area contributed by atoms with Crippen molar-refractivity contribution < 1.29 is 0 Å². The highest BCUT2D eigenvalue weighted by Gasteiger charge is 2.35. The van der Waals surface area contributed by atoms with Gasteiger partial charge in [0, 0.05) is 25.2 Å². The maximum absolute atomic E-state index is 3.74. The molecule has 1 aliphatic carbocycles. The first-order valence-electron chi connectivity index (χ1n) is 5.30. The van der Waals surface area contributed by atoms with Crippen LogP contribution in [0.5, 0.6) is 0 Å². The van der Waals surface area contributed by atoms with E-state index in [1.54, 1.807) is 0 Å². The van der Waals surface area contributed by atoms with Gasteiger partial charge in [0.25, 0.3) is 0 Å². The van der Waals surface area contributed by atoms with Crippen LogP contribution in [0.1, 0.15) is 32.6 Å². The molecule has 1 saturated carbocycles. The predicted octanol–water partition coefficient (Wildman–Crippen LogP) is 1.13. The van der Waals surface area contributed by atoms with Gasteiger partial charge in [0.1, 0.15) is 0 Å². The zero-order chi connectivity index (χ0) is 8.44. The highest BCUT2D eigenvalue weighted by atomic mass is 15.0. The van der Waals surface area contributed by atoms with Crippen molar-refractivity contribution in [1.82, 2.24) is 10.6 Å². The Bertz CT molecular complexity index is 142. The Morgan fingerprint density at radius 1 is 1.42 bits per heavy atom. The van der Waals surface area contributed by atoms with Crippen LogP contribution in [-0.2, 0) is 0 Å². The molecule has 2 nitrogen and oxygen atoms in total. The monoisotopic (exact) mass is 168 g/mol. The van der Waals surface area contributed by atoms with Crippen LogP contribution >= 0.6 is 0 Å². The molecule has 2 fully saturated rings. The molecule has 0 unspecified atom stereocenters. The maximum Gasteiger partial charge on any atom is 0.0179 e. The van der Waals surface area contributed by atoms with Crippen molar-refractivity contribution in [2.24, 2.45) is 5.92 Å². The number of hydrogen-bond donors (Lipinski definition) is 2. The molecule has 0 spiro atoms. The van der Waals surface area contributed by atoms with Gasteiger partial charge in [0.05, 0.1) is 0 Å². The van der Waals surface area contributed by atoms with E-state index < -0.39 is 0 Å². The molecule has 2 aliphatic rings. The minimum absolute atomic E-state index is 0.551. The van der Waals surface area contributed by atoms with Crippen LogP contribution in [0, 0.1) is 5.92 Å². The van der Waals surface area contributed by atoms with Crippen LogP contribution in [0.4, 0.5) is 0 Å². The summed E-state index contributed by atoms with van der Waals surface area (Å²) in [6.07, 6.45) is 5.56. The SMILES string of the molecule is CCC1(NCC2CNC2)CCC1. The first kappa shape index (κ1) is 8.52. The summed E-state index contributed by atoms with van der Waals surface area (Å²) in [7, 11) is 0. The molecule has 0 atom stereocenters. The Morgan fingerprint density at radius 3 is 2.50 bits per heavy atom. The molecule has 0 aromatic carbocycles. The van der Waals surface area contributed by atoms with Crippen molar-refractivity contribution in [1.29, 1.82) is 0 Å². The van der Waals surface area contributed by atoms with Crippen molar-refractivity contribution in [3.8, 4) is 0 Å². The standard InChI is InChI=1S/C10H20N2/c1-2-10(4-3-5-10)12-8-9-6-11-7-9/h9,11-12H,2-8H2,1H3. The van der Waals surface area contributed by atoms with E-state index in [2.05, 4.69) is 17.6 Å². The molecule has 0 bridgehead atoms. The summed E-state index contributed by atoms with van der Waals surface area (Å²) in [4.78, 5) is 0. The summed E-state index contributed by atoms with van der Waals surface area (Å²) in [5, 5.41) is 7.06. The Labute approximate surface area is 75.1 Å². The van der Waals surface area contributed by atoms with Crippen LogP contribution in [0.25, 0.3) is 0 Å². The molecule has 0 radical (unpaired) electrons. The summed E-state index contributed by atoms with van der Waals surface area (Å²) < 4.78 is 0. The van der Waals surface area contributed by atoms with Gasteiger partial charge in [0.2, 0.25) is 0 Å². The van der Waals surface area contributed by atoms with E-state index in [1.807, 2.05) is 0 Å². The summed E-state index contributed by atoms with van der Waals surface area (Å²) >= 11 is 0. The fourth-order valence-corrected chi connectivity index (χ4v) is 2.11. The van der Waals surface area contributed by atoms with E-state index in [0.717, 1.165) is 5.92 Å². The molecule has 2 N–H and O–H groups in total.